The molecule has 3 nitrogen and oxygen atoms in total. The minimum atomic E-state index is -4.57. The van der Waals surface area contributed by atoms with E-state index >= 15 is 0 Å². The zero-order valence-electron chi connectivity index (χ0n) is 7.01. The molecule has 0 aromatic rings. The summed E-state index contributed by atoms with van der Waals surface area (Å²) < 4.78 is 36.7. The van der Waals surface area contributed by atoms with E-state index < -0.39 is 18.3 Å². The van der Waals surface area contributed by atoms with Crippen molar-refractivity contribution in [2.75, 3.05) is 26.2 Å². The Kier molecular flexibility index (Phi) is 2.84. The highest BCUT2D eigenvalue weighted by Gasteiger charge is 2.56. The van der Waals surface area contributed by atoms with Crippen molar-refractivity contribution in [3.63, 3.8) is 0 Å². The summed E-state index contributed by atoms with van der Waals surface area (Å²) in [5.74, 6) is 0. The van der Waals surface area contributed by atoms with Gasteiger partial charge in [0.15, 0.2) is 5.60 Å². The zero-order valence-corrected chi connectivity index (χ0v) is 7.01. The van der Waals surface area contributed by atoms with Gasteiger partial charge in [-0.1, -0.05) is 0 Å². The molecule has 0 radical (unpaired) electrons. The molecule has 1 aliphatic rings. The van der Waals surface area contributed by atoms with Crippen LogP contribution in [0.25, 0.3) is 0 Å². The first-order chi connectivity index (χ1) is 5.89. The Morgan fingerprint density at radius 2 is 2.00 bits per heavy atom. The number of rotatable bonds is 2. The summed E-state index contributed by atoms with van der Waals surface area (Å²) in [6.45, 7) is -0.264. The van der Waals surface area contributed by atoms with E-state index in [-0.39, 0.29) is 26.1 Å². The van der Waals surface area contributed by atoms with Crippen LogP contribution < -0.4 is 0 Å². The summed E-state index contributed by atoms with van der Waals surface area (Å²) in [6, 6.07) is 0. The van der Waals surface area contributed by atoms with Crippen molar-refractivity contribution in [1.29, 1.82) is 0 Å². The molecule has 1 rings (SSSR count). The van der Waals surface area contributed by atoms with Crippen LogP contribution in [0.3, 0.4) is 0 Å². The fourth-order valence-electron chi connectivity index (χ4n) is 1.43. The van der Waals surface area contributed by atoms with Crippen LogP contribution in [0.15, 0.2) is 0 Å². The molecule has 1 atom stereocenters. The van der Waals surface area contributed by atoms with Crippen LogP contribution in [0, 0.1) is 0 Å². The Labute approximate surface area is 73.8 Å². The lowest BCUT2D eigenvalue weighted by molar-refractivity contribution is -0.254. The molecule has 1 heterocycles. The molecule has 78 valence electrons. The second-order valence-corrected chi connectivity index (χ2v) is 3.28. The molecule has 1 saturated heterocycles. The number of β-amino-alcohol motifs (C(OH)–C–C–N with tert-alkyl or cyclic N) is 2. The molecule has 6 heteroatoms. The molecule has 0 aliphatic carbocycles. The first-order valence-corrected chi connectivity index (χ1v) is 4.01. The summed E-state index contributed by atoms with van der Waals surface area (Å²) in [5, 5.41) is 17.7. The summed E-state index contributed by atoms with van der Waals surface area (Å²) >= 11 is 0. The van der Waals surface area contributed by atoms with Gasteiger partial charge in [-0.3, -0.25) is 4.90 Å². The molecule has 0 aromatic carbocycles. The van der Waals surface area contributed by atoms with Gasteiger partial charge < -0.3 is 10.2 Å². The van der Waals surface area contributed by atoms with Gasteiger partial charge in [0.25, 0.3) is 0 Å². The van der Waals surface area contributed by atoms with Crippen molar-refractivity contribution in [2.24, 2.45) is 0 Å². The second-order valence-electron chi connectivity index (χ2n) is 3.28. The fourth-order valence-corrected chi connectivity index (χ4v) is 1.43. The highest BCUT2D eigenvalue weighted by molar-refractivity contribution is 4.95. The van der Waals surface area contributed by atoms with Gasteiger partial charge in [0.2, 0.25) is 0 Å². The van der Waals surface area contributed by atoms with Crippen LogP contribution in [-0.2, 0) is 0 Å². The molecular weight excluding hydrogens is 187 g/mol. The van der Waals surface area contributed by atoms with Crippen LogP contribution in [0.4, 0.5) is 13.2 Å². The third-order valence-corrected chi connectivity index (χ3v) is 2.27. The van der Waals surface area contributed by atoms with Crippen molar-refractivity contribution < 1.29 is 23.4 Å². The van der Waals surface area contributed by atoms with Crippen molar-refractivity contribution >= 4 is 0 Å². The molecule has 0 amide bonds. The Hall–Kier alpha value is -0.330. The van der Waals surface area contributed by atoms with Crippen molar-refractivity contribution in [1.82, 2.24) is 4.90 Å². The second kappa shape index (κ2) is 3.43. The molecule has 0 saturated carbocycles. The lowest BCUT2D eigenvalue weighted by Crippen LogP contribution is -2.47. The molecule has 1 fully saturated rings. The predicted octanol–water partition coefficient (Wildman–Crippen LogP) is -0.0222. The first-order valence-electron chi connectivity index (χ1n) is 4.01. The normalized spacial score (nSPS) is 31.2. The Bertz CT molecular complexity index is 185. The van der Waals surface area contributed by atoms with Crippen molar-refractivity contribution in [2.45, 2.75) is 18.2 Å². The van der Waals surface area contributed by atoms with E-state index in [1.54, 1.807) is 0 Å². The third kappa shape index (κ3) is 2.12. The lowest BCUT2D eigenvalue weighted by Gasteiger charge is -2.25. The minimum Gasteiger partial charge on any atom is -0.395 e. The molecule has 1 aliphatic heterocycles. The van der Waals surface area contributed by atoms with Gasteiger partial charge in [0.1, 0.15) is 0 Å². The number of aliphatic hydroxyl groups excluding tert-OH is 1. The van der Waals surface area contributed by atoms with E-state index in [0.717, 1.165) is 0 Å². The quantitative estimate of drug-likeness (QED) is 0.656. The van der Waals surface area contributed by atoms with E-state index in [0.29, 0.717) is 0 Å². The zero-order chi connectivity index (χ0) is 10.1. The van der Waals surface area contributed by atoms with Crippen molar-refractivity contribution in [3.8, 4) is 0 Å². The van der Waals surface area contributed by atoms with E-state index in [9.17, 15) is 18.3 Å². The number of halogens is 3. The van der Waals surface area contributed by atoms with Crippen LogP contribution in [-0.4, -0.2) is 53.1 Å². The van der Waals surface area contributed by atoms with Gasteiger partial charge in [-0.15, -0.1) is 0 Å². The average Bonchev–Trinajstić information content (AvgIpc) is 2.32. The third-order valence-electron chi connectivity index (χ3n) is 2.27. The van der Waals surface area contributed by atoms with Gasteiger partial charge in [-0.05, 0) is 6.42 Å². The maximum absolute atomic E-state index is 12.2. The van der Waals surface area contributed by atoms with E-state index in [2.05, 4.69) is 0 Å². The smallest absolute Gasteiger partial charge is 0.395 e. The number of aliphatic hydroxyl groups is 2. The average molecular weight is 199 g/mol. The predicted molar refractivity (Wildman–Crippen MR) is 39.1 cm³/mol. The van der Waals surface area contributed by atoms with E-state index in [1.165, 1.54) is 4.90 Å². The van der Waals surface area contributed by atoms with Crippen molar-refractivity contribution in [3.05, 3.63) is 0 Å². The fraction of sp³-hybridized carbons (Fsp3) is 1.00. The molecule has 1 unspecified atom stereocenters. The molecular formula is C7H12F3NO2. The molecule has 2 N–H and O–H groups in total. The number of hydrogen-bond donors (Lipinski definition) is 2. The highest BCUT2D eigenvalue weighted by Crippen LogP contribution is 2.37. The Balaban J connectivity index is 2.56. The molecule has 0 aromatic heterocycles. The number of alkyl halides is 3. The SMILES string of the molecule is OCCN1CCC(O)(C(F)(F)F)C1. The van der Waals surface area contributed by atoms with Gasteiger partial charge in [0.05, 0.1) is 6.61 Å². The molecule has 0 bridgehead atoms. The summed E-state index contributed by atoms with van der Waals surface area (Å²) in [5.41, 5.74) is -2.58. The van der Waals surface area contributed by atoms with Gasteiger partial charge >= 0.3 is 6.18 Å². The number of nitrogens with zero attached hydrogens (tertiary/aromatic N) is 1. The summed E-state index contributed by atoms with van der Waals surface area (Å²) in [6.07, 6.45) is -4.88. The minimum absolute atomic E-state index is 0.177. The lowest BCUT2D eigenvalue weighted by atomic mass is 10.0. The van der Waals surface area contributed by atoms with E-state index in [4.69, 9.17) is 5.11 Å². The topological polar surface area (TPSA) is 43.7 Å². The van der Waals surface area contributed by atoms with Crippen LogP contribution in [0.5, 0.6) is 0 Å². The van der Waals surface area contributed by atoms with Crippen LogP contribution >= 0.6 is 0 Å². The monoisotopic (exact) mass is 199 g/mol. The summed E-state index contributed by atoms with van der Waals surface area (Å²) in [7, 11) is 0. The Morgan fingerprint density at radius 1 is 1.38 bits per heavy atom. The van der Waals surface area contributed by atoms with Gasteiger partial charge in [-0.2, -0.15) is 13.2 Å². The Morgan fingerprint density at radius 3 is 2.38 bits per heavy atom. The number of hydrogen-bond acceptors (Lipinski definition) is 3. The van der Waals surface area contributed by atoms with Crippen LogP contribution in [0.1, 0.15) is 6.42 Å². The molecule has 13 heavy (non-hydrogen) atoms. The first kappa shape index (κ1) is 10.7. The maximum Gasteiger partial charge on any atom is 0.418 e. The largest absolute Gasteiger partial charge is 0.418 e. The van der Waals surface area contributed by atoms with Crippen LogP contribution in [0.2, 0.25) is 0 Å². The van der Waals surface area contributed by atoms with E-state index in [1.807, 2.05) is 0 Å². The standard InChI is InChI=1S/C7H12F3NO2/c8-7(9,10)6(13)1-2-11(5-6)3-4-12/h12-13H,1-5H2. The highest BCUT2D eigenvalue weighted by atomic mass is 19.4. The van der Waals surface area contributed by atoms with Gasteiger partial charge in [0, 0.05) is 19.6 Å². The van der Waals surface area contributed by atoms with Gasteiger partial charge in [-0.25, -0.2) is 0 Å². The summed E-state index contributed by atoms with van der Waals surface area (Å²) in [4.78, 5) is 1.40. The molecule has 0 spiro atoms. The maximum atomic E-state index is 12.2. The number of likely N-dealkylation sites (tertiary alicyclic amines) is 1.